The molecule has 132 valence electrons. The summed E-state index contributed by atoms with van der Waals surface area (Å²) in [6, 6.07) is 14.5. The molecule has 2 amide bonds. The maximum Gasteiger partial charge on any atom is 0.317 e. The lowest BCUT2D eigenvalue weighted by atomic mass is 10.1. The van der Waals surface area contributed by atoms with E-state index in [0.717, 1.165) is 29.7 Å². The minimum atomic E-state index is -0.230. The number of hydrogen-bond donors (Lipinski definition) is 1. The predicted octanol–water partition coefficient (Wildman–Crippen LogP) is 3.66. The number of benzene rings is 2. The van der Waals surface area contributed by atoms with E-state index in [2.05, 4.69) is 32.2 Å². The largest absolute Gasteiger partial charge is 0.368 e. The molecule has 6 heteroatoms. The van der Waals surface area contributed by atoms with Crippen molar-refractivity contribution in [3.05, 3.63) is 64.4 Å². The fraction of sp³-hybridized carbons (Fsp3) is 0.316. The first kappa shape index (κ1) is 17.7. The molecule has 3 rings (SSSR count). The van der Waals surface area contributed by atoms with Crippen LogP contribution in [0.25, 0.3) is 0 Å². The molecule has 4 nitrogen and oxygen atoms in total. The van der Waals surface area contributed by atoms with Crippen LogP contribution < -0.4 is 10.2 Å². The Morgan fingerprint density at radius 1 is 1.04 bits per heavy atom. The maximum atomic E-state index is 13.0. The third-order valence-corrected chi connectivity index (χ3v) is 5.16. The quantitative estimate of drug-likeness (QED) is 0.842. The Labute approximate surface area is 155 Å². The van der Waals surface area contributed by atoms with Crippen molar-refractivity contribution in [1.29, 1.82) is 0 Å². The van der Waals surface area contributed by atoms with Crippen LogP contribution in [0.5, 0.6) is 0 Å². The van der Waals surface area contributed by atoms with Gasteiger partial charge in [0.2, 0.25) is 0 Å². The lowest BCUT2D eigenvalue weighted by Crippen LogP contribution is -2.52. The highest BCUT2D eigenvalue weighted by molar-refractivity contribution is 9.10. The van der Waals surface area contributed by atoms with Gasteiger partial charge in [-0.2, -0.15) is 0 Å². The van der Waals surface area contributed by atoms with Crippen molar-refractivity contribution >= 4 is 27.6 Å². The number of carbonyl (C=O) groups excluding carboxylic acids is 1. The van der Waals surface area contributed by atoms with Gasteiger partial charge in [0.05, 0.1) is 0 Å². The SMILES string of the molecule is O=C(NCCc1ccccc1Br)N1CCN(c2ccc(F)cc2)CC1. The third kappa shape index (κ3) is 4.72. The molecule has 1 heterocycles. The van der Waals surface area contributed by atoms with E-state index in [1.807, 2.05) is 23.1 Å². The normalized spacial score (nSPS) is 14.5. The Morgan fingerprint density at radius 3 is 2.40 bits per heavy atom. The first-order valence-corrected chi connectivity index (χ1v) is 9.19. The van der Waals surface area contributed by atoms with Crippen molar-refractivity contribution in [3.8, 4) is 0 Å². The monoisotopic (exact) mass is 405 g/mol. The number of urea groups is 1. The number of amides is 2. The Kier molecular flexibility index (Phi) is 5.91. The summed E-state index contributed by atoms with van der Waals surface area (Å²) in [4.78, 5) is 16.3. The number of rotatable bonds is 4. The van der Waals surface area contributed by atoms with Crippen LogP contribution >= 0.6 is 15.9 Å². The molecule has 0 aliphatic carbocycles. The van der Waals surface area contributed by atoms with Crippen molar-refractivity contribution in [2.75, 3.05) is 37.6 Å². The summed E-state index contributed by atoms with van der Waals surface area (Å²) >= 11 is 3.52. The van der Waals surface area contributed by atoms with Gasteiger partial charge in [-0.1, -0.05) is 34.1 Å². The summed E-state index contributed by atoms with van der Waals surface area (Å²) in [7, 11) is 0. The number of nitrogens with zero attached hydrogens (tertiary/aromatic N) is 2. The molecule has 1 saturated heterocycles. The molecule has 2 aromatic carbocycles. The van der Waals surface area contributed by atoms with Gasteiger partial charge in [-0.15, -0.1) is 0 Å². The molecule has 1 aliphatic rings. The highest BCUT2D eigenvalue weighted by Crippen LogP contribution is 2.17. The van der Waals surface area contributed by atoms with E-state index in [9.17, 15) is 9.18 Å². The van der Waals surface area contributed by atoms with E-state index < -0.39 is 0 Å². The van der Waals surface area contributed by atoms with Crippen LogP contribution in [0.3, 0.4) is 0 Å². The summed E-state index contributed by atoms with van der Waals surface area (Å²) in [6.07, 6.45) is 0.794. The lowest BCUT2D eigenvalue weighted by Gasteiger charge is -2.36. The lowest BCUT2D eigenvalue weighted by molar-refractivity contribution is 0.194. The first-order valence-electron chi connectivity index (χ1n) is 8.40. The average Bonchev–Trinajstić information content (AvgIpc) is 2.64. The average molecular weight is 406 g/mol. The van der Waals surface area contributed by atoms with E-state index in [4.69, 9.17) is 0 Å². The van der Waals surface area contributed by atoms with Crippen molar-refractivity contribution in [2.45, 2.75) is 6.42 Å². The van der Waals surface area contributed by atoms with Crippen molar-refractivity contribution in [2.24, 2.45) is 0 Å². The number of nitrogens with one attached hydrogen (secondary N) is 1. The van der Waals surface area contributed by atoms with Crippen LogP contribution in [-0.2, 0) is 6.42 Å². The van der Waals surface area contributed by atoms with Gasteiger partial charge >= 0.3 is 6.03 Å². The molecule has 1 N–H and O–H groups in total. The second-order valence-corrected chi connectivity index (χ2v) is 6.88. The molecule has 0 saturated carbocycles. The summed E-state index contributed by atoms with van der Waals surface area (Å²) in [5.74, 6) is -0.230. The molecular formula is C19H21BrFN3O. The molecule has 2 aromatic rings. The van der Waals surface area contributed by atoms with Crippen LogP contribution in [0.15, 0.2) is 53.0 Å². The molecule has 0 atom stereocenters. The molecule has 1 aliphatic heterocycles. The van der Waals surface area contributed by atoms with Crippen molar-refractivity contribution in [1.82, 2.24) is 10.2 Å². The molecule has 1 fully saturated rings. The van der Waals surface area contributed by atoms with Gasteiger partial charge in [-0.25, -0.2) is 9.18 Å². The van der Waals surface area contributed by atoms with E-state index in [1.165, 1.54) is 17.7 Å². The van der Waals surface area contributed by atoms with E-state index in [-0.39, 0.29) is 11.8 Å². The zero-order valence-corrected chi connectivity index (χ0v) is 15.5. The zero-order valence-electron chi connectivity index (χ0n) is 13.9. The summed E-state index contributed by atoms with van der Waals surface area (Å²) in [6.45, 7) is 3.45. The number of anilines is 1. The zero-order chi connectivity index (χ0) is 17.6. The van der Waals surface area contributed by atoms with E-state index in [0.29, 0.717) is 19.6 Å². The fourth-order valence-electron chi connectivity index (χ4n) is 2.94. The molecule has 0 spiro atoms. The first-order chi connectivity index (χ1) is 12.1. The highest BCUT2D eigenvalue weighted by atomic mass is 79.9. The van der Waals surface area contributed by atoms with Gasteiger partial charge in [-0.3, -0.25) is 0 Å². The molecule has 0 unspecified atom stereocenters. The fourth-order valence-corrected chi connectivity index (χ4v) is 3.42. The maximum absolute atomic E-state index is 13.0. The summed E-state index contributed by atoms with van der Waals surface area (Å²) < 4.78 is 14.1. The summed E-state index contributed by atoms with van der Waals surface area (Å²) in [5, 5.41) is 2.99. The Hall–Kier alpha value is -2.08. The smallest absolute Gasteiger partial charge is 0.317 e. The Bertz CT molecular complexity index is 715. The van der Waals surface area contributed by atoms with Crippen LogP contribution in [-0.4, -0.2) is 43.7 Å². The second-order valence-electron chi connectivity index (χ2n) is 6.02. The van der Waals surface area contributed by atoms with Crippen LogP contribution in [0.1, 0.15) is 5.56 Å². The minimum absolute atomic E-state index is 0.0224. The van der Waals surface area contributed by atoms with E-state index in [1.54, 1.807) is 12.1 Å². The van der Waals surface area contributed by atoms with E-state index >= 15 is 0 Å². The standard InChI is InChI=1S/C19H21BrFN3O/c20-18-4-2-1-3-15(18)9-10-22-19(25)24-13-11-23(12-14-24)17-7-5-16(21)6-8-17/h1-8H,9-14H2,(H,22,25). The molecule has 25 heavy (non-hydrogen) atoms. The van der Waals surface area contributed by atoms with Crippen LogP contribution in [0, 0.1) is 5.82 Å². The van der Waals surface area contributed by atoms with Gasteiger partial charge in [-0.05, 0) is 42.3 Å². The molecule has 0 bridgehead atoms. The Balaban J connectivity index is 1.44. The van der Waals surface area contributed by atoms with Gasteiger partial charge in [0.15, 0.2) is 0 Å². The molecular weight excluding hydrogens is 385 g/mol. The highest BCUT2D eigenvalue weighted by Gasteiger charge is 2.21. The minimum Gasteiger partial charge on any atom is -0.368 e. The third-order valence-electron chi connectivity index (χ3n) is 4.39. The number of carbonyl (C=O) groups is 1. The van der Waals surface area contributed by atoms with Gasteiger partial charge in [0.1, 0.15) is 5.82 Å². The van der Waals surface area contributed by atoms with Crippen molar-refractivity contribution in [3.63, 3.8) is 0 Å². The predicted molar refractivity (Wildman–Crippen MR) is 101 cm³/mol. The summed E-state index contributed by atoms with van der Waals surface area (Å²) in [5.41, 5.74) is 2.18. The number of piperazine rings is 1. The van der Waals surface area contributed by atoms with Crippen molar-refractivity contribution < 1.29 is 9.18 Å². The van der Waals surface area contributed by atoms with Gasteiger partial charge < -0.3 is 15.1 Å². The molecule has 0 aromatic heterocycles. The van der Waals surface area contributed by atoms with Gasteiger partial charge in [0.25, 0.3) is 0 Å². The second kappa shape index (κ2) is 8.34. The number of halogens is 2. The van der Waals surface area contributed by atoms with Crippen LogP contribution in [0.2, 0.25) is 0 Å². The number of hydrogen-bond acceptors (Lipinski definition) is 2. The topological polar surface area (TPSA) is 35.6 Å². The molecule has 0 radical (unpaired) electrons. The Morgan fingerprint density at radius 2 is 1.72 bits per heavy atom. The van der Waals surface area contributed by atoms with Gasteiger partial charge in [0, 0.05) is 42.9 Å². The van der Waals surface area contributed by atoms with Crippen LogP contribution in [0.4, 0.5) is 14.9 Å².